The average Bonchev–Trinajstić information content (AvgIpc) is 2.11. The molecule has 0 heterocycles. The molecule has 0 amide bonds. The molecule has 0 aliphatic heterocycles. The quantitative estimate of drug-likeness (QED) is 0.874. The van der Waals surface area contributed by atoms with Gasteiger partial charge in [-0.1, -0.05) is 11.6 Å². The number of carbonyl (C=O) groups is 1. The maximum Gasteiger partial charge on any atom is 0.337 e. The van der Waals surface area contributed by atoms with Crippen LogP contribution in [0.25, 0.3) is 0 Å². The summed E-state index contributed by atoms with van der Waals surface area (Å²) in [5, 5.41) is 8.52. The molecule has 0 aliphatic carbocycles. The van der Waals surface area contributed by atoms with Gasteiger partial charge in [-0.15, -0.1) is 0 Å². The summed E-state index contributed by atoms with van der Waals surface area (Å²) in [5.41, 5.74) is -0.507. The number of halogens is 1. The SMILES string of the molecule is CS(=O)(=O)N(c1ccc(C(=O)O)c(Cl)c1)S(C)(=O)=O. The van der Waals surface area contributed by atoms with E-state index in [1.807, 2.05) is 0 Å². The fraction of sp³-hybridized carbons (Fsp3) is 0.222. The highest BCUT2D eigenvalue weighted by Gasteiger charge is 2.28. The summed E-state index contributed by atoms with van der Waals surface area (Å²) < 4.78 is 46.2. The van der Waals surface area contributed by atoms with Crippen LogP contribution < -0.4 is 3.71 Å². The van der Waals surface area contributed by atoms with Crippen molar-refractivity contribution in [1.82, 2.24) is 0 Å². The first kappa shape index (κ1) is 15.7. The molecule has 0 unspecified atom stereocenters. The molecule has 0 saturated carbocycles. The first-order valence-electron chi connectivity index (χ1n) is 4.68. The Kier molecular flexibility index (Phi) is 4.13. The highest BCUT2D eigenvalue weighted by Crippen LogP contribution is 2.27. The van der Waals surface area contributed by atoms with Crippen molar-refractivity contribution < 1.29 is 26.7 Å². The fourth-order valence-electron chi connectivity index (χ4n) is 1.42. The monoisotopic (exact) mass is 327 g/mol. The Morgan fingerprint density at radius 3 is 1.95 bits per heavy atom. The van der Waals surface area contributed by atoms with Gasteiger partial charge in [0.05, 0.1) is 28.8 Å². The van der Waals surface area contributed by atoms with Gasteiger partial charge in [0.15, 0.2) is 0 Å². The smallest absolute Gasteiger partial charge is 0.337 e. The number of nitrogens with zero attached hydrogens (tertiary/aromatic N) is 1. The molecule has 1 aromatic rings. The summed E-state index contributed by atoms with van der Waals surface area (Å²) in [5.74, 6) is -1.30. The van der Waals surface area contributed by atoms with E-state index in [-0.39, 0.29) is 20.0 Å². The predicted octanol–water partition coefficient (Wildman–Crippen LogP) is 0.764. The molecule has 0 atom stereocenters. The standard InChI is InChI=1S/C9H10ClNO6S2/c1-18(14,15)11(19(2,16)17)6-3-4-7(9(12)13)8(10)5-6/h3-5H,1-2H3,(H,12,13). The van der Waals surface area contributed by atoms with Crippen molar-refractivity contribution >= 4 is 43.3 Å². The molecule has 7 nitrogen and oxygen atoms in total. The summed E-state index contributed by atoms with van der Waals surface area (Å²) in [6, 6.07) is 3.05. The Hall–Kier alpha value is -1.32. The Labute approximate surface area is 115 Å². The normalized spacial score (nSPS) is 12.2. The lowest BCUT2D eigenvalue weighted by Crippen LogP contribution is -2.35. The van der Waals surface area contributed by atoms with Crippen molar-refractivity contribution in [2.24, 2.45) is 0 Å². The molecule has 106 valence electrons. The summed E-state index contributed by atoms with van der Waals surface area (Å²) in [6.07, 6.45) is 1.43. The lowest BCUT2D eigenvalue weighted by atomic mass is 10.2. The number of sulfonamides is 2. The topological polar surface area (TPSA) is 109 Å². The zero-order chi connectivity index (χ0) is 15.0. The van der Waals surface area contributed by atoms with Crippen LogP contribution >= 0.6 is 11.6 Å². The second-order valence-corrected chi connectivity index (χ2v) is 7.99. The van der Waals surface area contributed by atoms with Crippen LogP contribution in [-0.4, -0.2) is 40.4 Å². The minimum Gasteiger partial charge on any atom is -0.478 e. The van der Waals surface area contributed by atoms with Crippen LogP contribution in [0.15, 0.2) is 18.2 Å². The van der Waals surface area contributed by atoms with Crippen molar-refractivity contribution in [2.45, 2.75) is 0 Å². The molecule has 0 spiro atoms. The van der Waals surface area contributed by atoms with Crippen LogP contribution in [0.3, 0.4) is 0 Å². The van der Waals surface area contributed by atoms with Crippen molar-refractivity contribution in [2.75, 3.05) is 16.2 Å². The van der Waals surface area contributed by atoms with Gasteiger partial charge in [-0.05, 0) is 18.2 Å². The maximum absolute atomic E-state index is 11.5. The average molecular weight is 328 g/mol. The first-order valence-corrected chi connectivity index (χ1v) is 8.75. The minimum atomic E-state index is -4.09. The summed E-state index contributed by atoms with van der Waals surface area (Å²) in [7, 11) is -8.17. The largest absolute Gasteiger partial charge is 0.478 e. The molecule has 0 saturated heterocycles. The maximum atomic E-state index is 11.5. The third-order valence-electron chi connectivity index (χ3n) is 2.00. The molecule has 0 bridgehead atoms. The van der Waals surface area contributed by atoms with Gasteiger partial charge in [-0.25, -0.2) is 21.6 Å². The molecule has 0 aromatic heterocycles. The van der Waals surface area contributed by atoms with Crippen molar-refractivity contribution in [3.63, 3.8) is 0 Å². The zero-order valence-electron chi connectivity index (χ0n) is 9.86. The van der Waals surface area contributed by atoms with Crippen molar-refractivity contribution in [1.29, 1.82) is 0 Å². The molecule has 1 N–H and O–H groups in total. The Morgan fingerprint density at radius 2 is 1.63 bits per heavy atom. The van der Waals surface area contributed by atoms with Crippen LogP contribution in [0.5, 0.6) is 0 Å². The van der Waals surface area contributed by atoms with E-state index in [4.69, 9.17) is 16.7 Å². The number of anilines is 1. The minimum absolute atomic E-state index is 0.178. The molecule has 0 aliphatic rings. The Balaban J connectivity index is 3.52. The molecule has 1 aromatic carbocycles. The van der Waals surface area contributed by atoms with Gasteiger partial charge in [-0.2, -0.15) is 3.71 Å². The fourth-order valence-corrected chi connectivity index (χ4v) is 4.64. The van der Waals surface area contributed by atoms with Crippen LogP contribution in [0.1, 0.15) is 10.4 Å². The van der Waals surface area contributed by atoms with Crippen molar-refractivity contribution in [3.05, 3.63) is 28.8 Å². The molecule has 0 fully saturated rings. The second-order valence-electron chi connectivity index (χ2n) is 3.69. The van der Waals surface area contributed by atoms with E-state index in [1.165, 1.54) is 0 Å². The Bertz CT molecular complexity index is 693. The van der Waals surface area contributed by atoms with Crippen LogP contribution in [0.4, 0.5) is 5.69 Å². The van der Waals surface area contributed by atoms with E-state index in [9.17, 15) is 21.6 Å². The van der Waals surface area contributed by atoms with Gasteiger partial charge in [0.2, 0.25) is 20.0 Å². The Morgan fingerprint density at radius 1 is 1.16 bits per heavy atom. The highest BCUT2D eigenvalue weighted by atomic mass is 35.5. The highest BCUT2D eigenvalue weighted by molar-refractivity contribution is 8.09. The van der Waals surface area contributed by atoms with Gasteiger partial charge >= 0.3 is 5.97 Å². The number of carboxylic acids is 1. The molecular formula is C9H10ClNO6S2. The van der Waals surface area contributed by atoms with Gasteiger partial charge in [0.1, 0.15) is 0 Å². The van der Waals surface area contributed by atoms with E-state index < -0.39 is 26.0 Å². The number of hydrogen-bond acceptors (Lipinski definition) is 5. The van der Waals surface area contributed by atoms with Crippen LogP contribution in [-0.2, 0) is 20.0 Å². The number of hydrogen-bond donors (Lipinski definition) is 1. The summed E-state index contributed by atoms with van der Waals surface area (Å²) >= 11 is 5.67. The molecule has 1 rings (SSSR count). The van der Waals surface area contributed by atoms with Gasteiger partial charge in [0, 0.05) is 0 Å². The summed E-state index contributed by atoms with van der Waals surface area (Å²) in [4.78, 5) is 10.8. The number of carboxylic acid groups (broad SMARTS) is 1. The van der Waals surface area contributed by atoms with E-state index in [0.717, 1.165) is 18.2 Å². The third kappa shape index (κ3) is 3.58. The number of rotatable bonds is 4. The first-order chi connectivity index (χ1) is 8.44. The van der Waals surface area contributed by atoms with Gasteiger partial charge in [0.25, 0.3) is 0 Å². The summed E-state index contributed by atoms with van der Waals surface area (Å²) in [6.45, 7) is 0. The number of benzene rings is 1. The molecule has 10 heteroatoms. The third-order valence-corrected chi connectivity index (χ3v) is 5.56. The van der Waals surface area contributed by atoms with E-state index >= 15 is 0 Å². The molecule has 19 heavy (non-hydrogen) atoms. The van der Waals surface area contributed by atoms with Gasteiger partial charge in [-0.3, -0.25) is 0 Å². The van der Waals surface area contributed by atoms with E-state index in [2.05, 4.69) is 0 Å². The van der Waals surface area contributed by atoms with Crippen molar-refractivity contribution in [3.8, 4) is 0 Å². The molecule has 0 radical (unpaired) electrons. The zero-order valence-corrected chi connectivity index (χ0v) is 12.3. The lowest BCUT2D eigenvalue weighted by molar-refractivity contribution is 0.0697. The van der Waals surface area contributed by atoms with Gasteiger partial charge < -0.3 is 5.11 Å². The second kappa shape index (κ2) is 4.99. The van der Waals surface area contributed by atoms with E-state index in [0.29, 0.717) is 12.5 Å². The van der Waals surface area contributed by atoms with Crippen LogP contribution in [0, 0.1) is 0 Å². The van der Waals surface area contributed by atoms with E-state index in [1.54, 1.807) is 0 Å². The lowest BCUT2D eigenvalue weighted by Gasteiger charge is -2.20. The van der Waals surface area contributed by atoms with Crippen LogP contribution in [0.2, 0.25) is 5.02 Å². The molecular weight excluding hydrogens is 318 g/mol. The predicted molar refractivity (Wildman–Crippen MR) is 70.6 cm³/mol. The number of aromatic carboxylic acids is 1.